The van der Waals surface area contributed by atoms with Gasteiger partial charge >= 0.3 is 0 Å². The number of hydrogen-bond acceptors (Lipinski definition) is 3. The van der Waals surface area contributed by atoms with Gasteiger partial charge in [0.15, 0.2) is 0 Å². The van der Waals surface area contributed by atoms with Crippen LogP contribution in [-0.4, -0.2) is 41.2 Å². The second kappa shape index (κ2) is 6.94. The predicted molar refractivity (Wildman–Crippen MR) is 84.6 cm³/mol. The standard InChI is InChI=1S/C17H27NO3/c1-12-10-13(6-7-15(20)18(5)8-9-19)11-14(16(12)21)17(2,3)4/h10-11,19,21H,6-9H2,1-5H3. The highest BCUT2D eigenvalue weighted by Gasteiger charge is 2.20. The molecule has 0 saturated heterocycles. The number of phenolic OH excluding ortho intramolecular Hbond substituents is 1. The highest BCUT2D eigenvalue weighted by atomic mass is 16.3. The van der Waals surface area contributed by atoms with Crippen LogP contribution < -0.4 is 0 Å². The van der Waals surface area contributed by atoms with Gasteiger partial charge < -0.3 is 15.1 Å². The van der Waals surface area contributed by atoms with Crippen molar-refractivity contribution in [2.45, 2.75) is 46.0 Å². The van der Waals surface area contributed by atoms with E-state index in [1.807, 2.05) is 19.1 Å². The molecule has 0 unspecified atom stereocenters. The van der Waals surface area contributed by atoms with Gasteiger partial charge in [-0.1, -0.05) is 32.9 Å². The van der Waals surface area contributed by atoms with Gasteiger partial charge in [0.05, 0.1) is 6.61 Å². The summed E-state index contributed by atoms with van der Waals surface area (Å²) in [6.07, 6.45) is 1.04. The normalized spacial score (nSPS) is 11.5. The molecule has 0 aromatic heterocycles. The molecule has 0 aliphatic rings. The highest BCUT2D eigenvalue weighted by Crippen LogP contribution is 2.34. The molecule has 118 valence electrons. The van der Waals surface area contributed by atoms with Crippen molar-refractivity contribution in [1.29, 1.82) is 0 Å². The molecule has 1 rings (SSSR count). The third kappa shape index (κ3) is 4.74. The van der Waals surface area contributed by atoms with E-state index in [-0.39, 0.29) is 17.9 Å². The Morgan fingerprint density at radius 1 is 1.29 bits per heavy atom. The van der Waals surface area contributed by atoms with E-state index >= 15 is 0 Å². The molecular weight excluding hydrogens is 266 g/mol. The summed E-state index contributed by atoms with van der Waals surface area (Å²) in [4.78, 5) is 13.4. The Kier molecular flexibility index (Phi) is 5.78. The number of likely N-dealkylation sites (N-methyl/N-ethyl adjacent to an activating group) is 1. The molecule has 0 spiro atoms. The number of phenols is 1. The van der Waals surface area contributed by atoms with E-state index in [0.717, 1.165) is 16.7 Å². The summed E-state index contributed by atoms with van der Waals surface area (Å²) < 4.78 is 0. The first-order chi connectivity index (χ1) is 9.66. The Bertz CT molecular complexity index is 503. The number of benzene rings is 1. The average Bonchev–Trinajstić information content (AvgIpc) is 2.38. The smallest absolute Gasteiger partial charge is 0.222 e. The molecule has 21 heavy (non-hydrogen) atoms. The second-order valence-corrected chi connectivity index (χ2v) is 6.60. The van der Waals surface area contributed by atoms with Crippen LogP contribution in [0.1, 0.15) is 43.9 Å². The van der Waals surface area contributed by atoms with Crippen LogP contribution in [0.15, 0.2) is 12.1 Å². The summed E-state index contributed by atoms with van der Waals surface area (Å²) in [6.45, 7) is 8.41. The third-order valence-electron chi connectivity index (χ3n) is 3.66. The molecule has 0 aliphatic heterocycles. The lowest BCUT2D eigenvalue weighted by molar-refractivity contribution is -0.130. The Morgan fingerprint density at radius 2 is 1.90 bits per heavy atom. The zero-order valence-corrected chi connectivity index (χ0v) is 13.7. The van der Waals surface area contributed by atoms with Crippen LogP contribution in [0.4, 0.5) is 0 Å². The minimum Gasteiger partial charge on any atom is -0.507 e. The number of nitrogens with zero attached hydrogens (tertiary/aromatic N) is 1. The maximum absolute atomic E-state index is 11.9. The van der Waals surface area contributed by atoms with Gasteiger partial charge in [0.1, 0.15) is 5.75 Å². The minimum absolute atomic E-state index is 0.0191. The Morgan fingerprint density at radius 3 is 2.43 bits per heavy atom. The number of aromatic hydroxyl groups is 1. The molecule has 1 aromatic rings. The van der Waals surface area contributed by atoms with E-state index < -0.39 is 0 Å². The zero-order chi connectivity index (χ0) is 16.2. The van der Waals surface area contributed by atoms with Crippen molar-refractivity contribution < 1.29 is 15.0 Å². The van der Waals surface area contributed by atoms with Crippen molar-refractivity contribution >= 4 is 5.91 Å². The second-order valence-electron chi connectivity index (χ2n) is 6.60. The highest BCUT2D eigenvalue weighted by molar-refractivity contribution is 5.76. The molecule has 0 fully saturated rings. The van der Waals surface area contributed by atoms with Crippen LogP contribution in [0.3, 0.4) is 0 Å². The van der Waals surface area contributed by atoms with Crippen LogP contribution in [0.2, 0.25) is 0 Å². The van der Waals surface area contributed by atoms with Crippen LogP contribution in [0.5, 0.6) is 5.75 Å². The lowest BCUT2D eigenvalue weighted by atomic mass is 9.83. The molecule has 0 radical (unpaired) electrons. The molecule has 4 nitrogen and oxygen atoms in total. The molecule has 0 aliphatic carbocycles. The van der Waals surface area contributed by atoms with Crippen LogP contribution in [0, 0.1) is 6.92 Å². The third-order valence-corrected chi connectivity index (χ3v) is 3.66. The van der Waals surface area contributed by atoms with E-state index in [2.05, 4.69) is 20.8 Å². The van der Waals surface area contributed by atoms with E-state index in [4.69, 9.17) is 5.11 Å². The molecule has 1 aromatic carbocycles. The number of aliphatic hydroxyl groups excluding tert-OH is 1. The van der Waals surface area contributed by atoms with Crippen molar-refractivity contribution in [1.82, 2.24) is 4.90 Å². The summed E-state index contributed by atoms with van der Waals surface area (Å²) >= 11 is 0. The van der Waals surface area contributed by atoms with Crippen LogP contribution in [-0.2, 0) is 16.6 Å². The number of carbonyl (C=O) groups excluding carboxylic acids is 1. The topological polar surface area (TPSA) is 60.8 Å². The van der Waals surface area contributed by atoms with E-state index in [9.17, 15) is 9.90 Å². The number of carbonyl (C=O) groups is 1. The maximum Gasteiger partial charge on any atom is 0.222 e. The van der Waals surface area contributed by atoms with Crippen molar-refractivity contribution in [3.63, 3.8) is 0 Å². The lowest BCUT2D eigenvalue weighted by Crippen LogP contribution is -2.29. The summed E-state index contributed by atoms with van der Waals surface area (Å²) in [7, 11) is 1.70. The van der Waals surface area contributed by atoms with Crippen molar-refractivity contribution in [2.24, 2.45) is 0 Å². The van der Waals surface area contributed by atoms with Gasteiger partial charge in [-0.25, -0.2) is 0 Å². The quantitative estimate of drug-likeness (QED) is 0.876. The minimum atomic E-state index is -0.136. The summed E-state index contributed by atoms with van der Waals surface area (Å²) in [5.41, 5.74) is 2.67. The molecular formula is C17H27NO3. The molecule has 0 atom stereocenters. The SMILES string of the molecule is Cc1cc(CCC(=O)N(C)CCO)cc(C(C)(C)C)c1O. The summed E-state index contributed by atoms with van der Waals surface area (Å²) in [6, 6.07) is 3.92. The fraction of sp³-hybridized carbons (Fsp3) is 0.588. The lowest BCUT2D eigenvalue weighted by Gasteiger charge is -2.23. The fourth-order valence-corrected chi connectivity index (χ4v) is 2.29. The van der Waals surface area contributed by atoms with Crippen molar-refractivity contribution in [2.75, 3.05) is 20.2 Å². The number of rotatable bonds is 5. The first-order valence-electron chi connectivity index (χ1n) is 7.34. The first kappa shape index (κ1) is 17.5. The van der Waals surface area contributed by atoms with Gasteiger partial charge in [0, 0.05) is 20.0 Å². The number of amides is 1. The van der Waals surface area contributed by atoms with Gasteiger partial charge in [0.2, 0.25) is 5.91 Å². The van der Waals surface area contributed by atoms with Gasteiger partial charge in [-0.3, -0.25) is 4.79 Å². The number of aryl methyl sites for hydroxylation is 2. The van der Waals surface area contributed by atoms with Gasteiger partial charge in [-0.05, 0) is 35.4 Å². The molecule has 0 bridgehead atoms. The average molecular weight is 293 g/mol. The summed E-state index contributed by atoms with van der Waals surface area (Å²) in [5, 5.41) is 19.0. The summed E-state index contributed by atoms with van der Waals surface area (Å²) in [5.74, 6) is 0.363. The molecule has 2 N–H and O–H groups in total. The Balaban J connectivity index is 2.86. The number of aliphatic hydroxyl groups is 1. The van der Waals surface area contributed by atoms with E-state index in [1.54, 1.807) is 7.05 Å². The Labute approximate surface area is 127 Å². The van der Waals surface area contributed by atoms with Gasteiger partial charge in [-0.15, -0.1) is 0 Å². The van der Waals surface area contributed by atoms with E-state index in [0.29, 0.717) is 25.1 Å². The largest absolute Gasteiger partial charge is 0.507 e. The van der Waals surface area contributed by atoms with Gasteiger partial charge in [0.25, 0.3) is 0 Å². The first-order valence-corrected chi connectivity index (χ1v) is 7.34. The Hall–Kier alpha value is -1.55. The fourth-order valence-electron chi connectivity index (χ4n) is 2.29. The predicted octanol–water partition coefficient (Wildman–Crippen LogP) is 2.38. The van der Waals surface area contributed by atoms with Crippen LogP contribution >= 0.6 is 0 Å². The molecule has 0 saturated carbocycles. The molecule has 4 heteroatoms. The zero-order valence-electron chi connectivity index (χ0n) is 13.7. The molecule has 1 amide bonds. The van der Waals surface area contributed by atoms with Gasteiger partial charge in [-0.2, -0.15) is 0 Å². The van der Waals surface area contributed by atoms with E-state index in [1.165, 1.54) is 4.90 Å². The molecule has 0 heterocycles. The van der Waals surface area contributed by atoms with Crippen molar-refractivity contribution in [3.05, 3.63) is 28.8 Å². The monoisotopic (exact) mass is 293 g/mol. The number of hydrogen-bond donors (Lipinski definition) is 2. The van der Waals surface area contributed by atoms with Crippen molar-refractivity contribution in [3.8, 4) is 5.75 Å². The van der Waals surface area contributed by atoms with Crippen LogP contribution in [0.25, 0.3) is 0 Å². The maximum atomic E-state index is 11.9.